The standard InChI is InChI=1S/C25H25N3O2/c1-18(2)21-12-10-19(11-13-21)15-23(28-24(29)22-8-4-3-5-9-22)25(30)27-17-20-7-6-14-26-16-20/h3-16,18H,17H2,1-2H3,(H,27,30)(H,28,29)/b23-15+. The summed E-state index contributed by atoms with van der Waals surface area (Å²) in [6.07, 6.45) is 5.05. The Hall–Kier alpha value is -3.73. The highest BCUT2D eigenvalue weighted by molar-refractivity contribution is 6.05. The number of pyridine rings is 1. The maximum atomic E-state index is 12.8. The molecule has 152 valence electrons. The van der Waals surface area contributed by atoms with Gasteiger partial charge in [-0.15, -0.1) is 0 Å². The van der Waals surface area contributed by atoms with E-state index in [1.54, 1.807) is 42.7 Å². The molecule has 2 amide bonds. The van der Waals surface area contributed by atoms with Gasteiger partial charge in [-0.1, -0.05) is 62.4 Å². The zero-order valence-electron chi connectivity index (χ0n) is 17.1. The van der Waals surface area contributed by atoms with Crippen molar-refractivity contribution in [3.05, 3.63) is 107 Å². The number of aromatic nitrogens is 1. The van der Waals surface area contributed by atoms with Crippen molar-refractivity contribution >= 4 is 17.9 Å². The molecule has 0 unspecified atom stereocenters. The van der Waals surface area contributed by atoms with Crippen LogP contribution in [0.1, 0.15) is 46.8 Å². The van der Waals surface area contributed by atoms with Crippen molar-refractivity contribution in [2.45, 2.75) is 26.3 Å². The first kappa shape index (κ1) is 21.0. The van der Waals surface area contributed by atoms with Gasteiger partial charge in [-0.05, 0) is 46.9 Å². The van der Waals surface area contributed by atoms with Crippen molar-refractivity contribution in [1.29, 1.82) is 0 Å². The molecular weight excluding hydrogens is 374 g/mol. The third kappa shape index (κ3) is 5.88. The first-order valence-corrected chi connectivity index (χ1v) is 9.88. The molecule has 1 heterocycles. The summed E-state index contributed by atoms with van der Waals surface area (Å²) in [7, 11) is 0. The van der Waals surface area contributed by atoms with Gasteiger partial charge >= 0.3 is 0 Å². The fourth-order valence-electron chi connectivity index (χ4n) is 2.87. The van der Waals surface area contributed by atoms with E-state index in [2.05, 4.69) is 29.5 Å². The van der Waals surface area contributed by atoms with Gasteiger partial charge in [0.25, 0.3) is 11.8 Å². The van der Waals surface area contributed by atoms with Crippen LogP contribution in [0.15, 0.2) is 84.8 Å². The largest absolute Gasteiger partial charge is 0.347 e. The molecule has 0 bridgehead atoms. The second kappa shape index (κ2) is 10.2. The summed E-state index contributed by atoms with van der Waals surface area (Å²) in [5.74, 6) is -0.281. The third-order valence-electron chi connectivity index (χ3n) is 4.62. The van der Waals surface area contributed by atoms with Crippen molar-refractivity contribution in [2.24, 2.45) is 0 Å². The quantitative estimate of drug-likeness (QED) is 0.582. The Labute approximate surface area is 176 Å². The molecule has 0 fully saturated rings. The SMILES string of the molecule is CC(C)c1ccc(/C=C(/NC(=O)c2ccccc2)C(=O)NCc2cccnc2)cc1. The summed E-state index contributed by atoms with van der Waals surface area (Å²) in [6.45, 7) is 4.57. The van der Waals surface area contributed by atoms with Crippen molar-refractivity contribution in [1.82, 2.24) is 15.6 Å². The zero-order chi connectivity index (χ0) is 21.3. The van der Waals surface area contributed by atoms with Gasteiger partial charge in [0.15, 0.2) is 0 Å². The third-order valence-corrected chi connectivity index (χ3v) is 4.62. The smallest absolute Gasteiger partial charge is 0.268 e. The maximum absolute atomic E-state index is 12.8. The first-order chi connectivity index (χ1) is 14.5. The maximum Gasteiger partial charge on any atom is 0.268 e. The number of benzene rings is 2. The van der Waals surface area contributed by atoms with E-state index in [1.807, 2.05) is 42.5 Å². The van der Waals surface area contributed by atoms with E-state index in [4.69, 9.17) is 0 Å². The Kier molecular flexibility index (Phi) is 7.11. The van der Waals surface area contributed by atoms with E-state index in [0.717, 1.165) is 11.1 Å². The fraction of sp³-hybridized carbons (Fsp3) is 0.160. The topological polar surface area (TPSA) is 71.1 Å². The monoisotopic (exact) mass is 399 g/mol. The number of nitrogens with zero attached hydrogens (tertiary/aromatic N) is 1. The highest BCUT2D eigenvalue weighted by Gasteiger charge is 2.14. The number of carbonyl (C=O) groups excluding carboxylic acids is 2. The predicted molar refractivity (Wildman–Crippen MR) is 118 cm³/mol. The van der Waals surface area contributed by atoms with Gasteiger partial charge in [-0.25, -0.2) is 0 Å². The fourth-order valence-corrected chi connectivity index (χ4v) is 2.87. The molecule has 0 radical (unpaired) electrons. The Morgan fingerprint density at radius 3 is 2.33 bits per heavy atom. The molecular formula is C25H25N3O2. The number of rotatable bonds is 7. The molecule has 3 aromatic rings. The van der Waals surface area contributed by atoms with Gasteiger partial charge in [0.05, 0.1) is 0 Å². The molecule has 0 spiro atoms. The molecule has 30 heavy (non-hydrogen) atoms. The molecule has 0 aliphatic rings. The van der Waals surface area contributed by atoms with E-state index in [9.17, 15) is 9.59 Å². The van der Waals surface area contributed by atoms with E-state index >= 15 is 0 Å². The lowest BCUT2D eigenvalue weighted by Gasteiger charge is -2.12. The van der Waals surface area contributed by atoms with Crippen LogP contribution in [0, 0.1) is 0 Å². The zero-order valence-corrected chi connectivity index (χ0v) is 17.1. The van der Waals surface area contributed by atoms with Crippen LogP contribution in [0.5, 0.6) is 0 Å². The summed E-state index contributed by atoms with van der Waals surface area (Å²) in [5, 5.41) is 5.59. The van der Waals surface area contributed by atoms with Crippen LogP contribution in [0.2, 0.25) is 0 Å². The average molecular weight is 399 g/mol. The highest BCUT2D eigenvalue weighted by atomic mass is 16.2. The Bertz CT molecular complexity index is 1010. The van der Waals surface area contributed by atoms with Crippen molar-refractivity contribution in [2.75, 3.05) is 0 Å². The van der Waals surface area contributed by atoms with Crippen molar-refractivity contribution in [3.63, 3.8) is 0 Å². The number of hydrogen-bond donors (Lipinski definition) is 2. The molecule has 0 aliphatic heterocycles. The molecule has 5 heteroatoms. The summed E-state index contributed by atoms with van der Waals surface area (Å²) >= 11 is 0. The van der Waals surface area contributed by atoms with Crippen LogP contribution in [0.3, 0.4) is 0 Å². The van der Waals surface area contributed by atoms with E-state index in [-0.39, 0.29) is 17.5 Å². The van der Waals surface area contributed by atoms with Crippen LogP contribution in [0.4, 0.5) is 0 Å². The number of amides is 2. The normalized spacial score (nSPS) is 11.2. The number of nitrogens with one attached hydrogen (secondary N) is 2. The van der Waals surface area contributed by atoms with Gasteiger partial charge < -0.3 is 10.6 Å². The van der Waals surface area contributed by atoms with Gasteiger partial charge in [0, 0.05) is 24.5 Å². The van der Waals surface area contributed by atoms with Crippen LogP contribution < -0.4 is 10.6 Å². The lowest BCUT2D eigenvalue weighted by Crippen LogP contribution is -2.34. The minimum atomic E-state index is -0.365. The highest BCUT2D eigenvalue weighted by Crippen LogP contribution is 2.16. The molecule has 2 aromatic carbocycles. The summed E-state index contributed by atoms with van der Waals surface area (Å²) in [5.41, 5.74) is 3.59. The van der Waals surface area contributed by atoms with Crippen LogP contribution in [0.25, 0.3) is 6.08 Å². The lowest BCUT2D eigenvalue weighted by molar-refractivity contribution is -0.117. The summed E-state index contributed by atoms with van der Waals surface area (Å²) in [4.78, 5) is 29.5. The average Bonchev–Trinajstić information content (AvgIpc) is 2.78. The Balaban J connectivity index is 1.81. The van der Waals surface area contributed by atoms with Gasteiger partial charge in [-0.2, -0.15) is 0 Å². The van der Waals surface area contributed by atoms with Crippen molar-refractivity contribution < 1.29 is 9.59 Å². The van der Waals surface area contributed by atoms with Gasteiger partial charge in [0.2, 0.25) is 0 Å². The molecule has 5 nitrogen and oxygen atoms in total. The van der Waals surface area contributed by atoms with Crippen LogP contribution in [-0.4, -0.2) is 16.8 Å². The minimum absolute atomic E-state index is 0.185. The second-order valence-electron chi connectivity index (χ2n) is 7.24. The lowest BCUT2D eigenvalue weighted by atomic mass is 10.0. The Morgan fingerprint density at radius 1 is 0.967 bits per heavy atom. The molecule has 3 rings (SSSR count). The molecule has 0 aliphatic carbocycles. The Morgan fingerprint density at radius 2 is 1.70 bits per heavy atom. The van der Waals surface area contributed by atoms with Crippen molar-refractivity contribution in [3.8, 4) is 0 Å². The van der Waals surface area contributed by atoms with E-state index in [1.165, 1.54) is 5.56 Å². The summed E-state index contributed by atoms with van der Waals surface area (Å²) < 4.78 is 0. The minimum Gasteiger partial charge on any atom is -0.347 e. The van der Waals surface area contributed by atoms with Crippen LogP contribution in [-0.2, 0) is 11.3 Å². The van der Waals surface area contributed by atoms with Gasteiger partial charge in [0.1, 0.15) is 5.70 Å². The molecule has 0 saturated carbocycles. The van der Waals surface area contributed by atoms with Gasteiger partial charge in [-0.3, -0.25) is 14.6 Å². The van der Waals surface area contributed by atoms with E-state index < -0.39 is 0 Å². The summed E-state index contributed by atoms with van der Waals surface area (Å²) in [6, 6.07) is 20.4. The predicted octanol–water partition coefficient (Wildman–Crippen LogP) is 4.29. The molecule has 1 aromatic heterocycles. The first-order valence-electron chi connectivity index (χ1n) is 9.88. The number of carbonyl (C=O) groups is 2. The van der Waals surface area contributed by atoms with E-state index in [0.29, 0.717) is 18.0 Å². The molecule has 0 atom stereocenters. The number of hydrogen-bond acceptors (Lipinski definition) is 3. The molecule has 2 N–H and O–H groups in total. The second-order valence-corrected chi connectivity index (χ2v) is 7.24. The van der Waals surface area contributed by atoms with Crippen LogP contribution >= 0.6 is 0 Å². The molecule has 0 saturated heterocycles.